The Balaban J connectivity index is 1.13. The highest BCUT2D eigenvalue weighted by atomic mass is 15.3. The van der Waals surface area contributed by atoms with Crippen molar-refractivity contribution >= 4 is 0 Å². The molecule has 2 N–H and O–H groups in total. The highest BCUT2D eigenvalue weighted by molar-refractivity contribution is 5.23. The first kappa shape index (κ1) is 23.0. The highest BCUT2D eigenvalue weighted by Crippen LogP contribution is 2.42. The normalized spacial score (nSPS) is 25.5. The van der Waals surface area contributed by atoms with Crippen LogP contribution in [0.4, 0.5) is 0 Å². The average molecular weight is 470 g/mol. The standard InChI is InChI=1S/C30H39N5/c1-22-32-29-15-16-33(20-23-8-4-2-5-9-23)21-30(29)35(22)27-18-25-12-13-26(19-27)34(25)17-14-28(31)24-10-6-3-7-11-24/h2-11,25-28H,12-21,31H2,1H3/t25-,26+,27+,28-/m0/s1. The summed E-state index contributed by atoms with van der Waals surface area (Å²) >= 11 is 0. The lowest BCUT2D eigenvalue weighted by Gasteiger charge is -2.41. The van der Waals surface area contributed by atoms with Gasteiger partial charge in [-0.1, -0.05) is 60.7 Å². The molecular formula is C30H39N5. The van der Waals surface area contributed by atoms with E-state index in [4.69, 9.17) is 10.7 Å². The zero-order chi connectivity index (χ0) is 23.8. The molecule has 2 aromatic carbocycles. The van der Waals surface area contributed by atoms with Crippen LogP contribution < -0.4 is 5.73 Å². The van der Waals surface area contributed by atoms with Crippen molar-refractivity contribution in [3.8, 4) is 0 Å². The van der Waals surface area contributed by atoms with Gasteiger partial charge in [0.1, 0.15) is 5.82 Å². The van der Waals surface area contributed by atoms with Crippen LogP contribution in [0.2, 0.25) is 0 Å². The van der Waals surface area contributed by atoms with E-state index >= 15 is 0 Å². The second-order valence-corrected chi connectivity index (χ2v) is 10.9. The minimum atomic E-state index is 0.131. The molecule has 0 radical (unpaired) electrons. The first-order valence-corrected chi connectivity index (χ1v) is 13.5. The van der Waals surface area contributed by atoms with Crippen LogP contribution in [0.5, 0.6) is 0 Å². The Morgan fingerprint density at radius 3 is 2.34 bits per heavy atom. The fourth-order valence-electron chi connectivity index (χ4n) is 7.01. The summed E-state index contributed by atoms with van der Waals surface area (Å²) < 4.78 is 2.64. The van der Waals surface area contributed by atoms with Gasteiger partial charge in [-0.25, -0.2) is 4.98 Å². The van der Waals surface area contributed by atoms with Crippen LogP contribution in [-0.4, -0.2) is 44.5 Å². The topological polar surface area (TPSA) is 50.3 Å². The van der Waals surface area contributed by atoms with Crippen LogP contribution in [0.1, 0.15) is 72.5 Å². The first-order valence-electron chi connectivity index (χ1n) is 13.5. The predicted octanol–water partition coefficient (Wildman–Crippen LogP) is 5.01. The number of fused-ring (bicyclic) bond motifs is 3. The minimum Gasteiger partial charge on any atom is -0.328 e. The molecule has 1 aromatic heterocycles. The van der Waals surface area contributed by atoms with E-state index in [-0.39, 0.29) is 6.04 Å². The van der Waals surface area contributed by atoms with Crippen LogP contribution in [0.3, 0.4) is 0 Å². The lowest BCUT2D eigenvalue weighted by molar-refractivity contribution is 0.0999. The second-order valence-electron chi connectivity index (χ2n) is 10.9. The summed E-state index contributed by atoms with van der Waals surface area (Å²) in [5.41, 5.74) is 12.0. The van der Waals surface area contributed by atoms with Crippen molar-refractivity contribution in [2.24, 2.45) is 5.73 Å². The van der Waals surface area contributed by atoms with Gasteiger partial charge in [0, 0.05) is 56.8 Å². The molecule has 2 fully saturated rings. The number of aromatic nitrogens is 2. The van der Waals surface area contributed by atoms with Crippen LogP contribution >= 0.6 is 0 Å². The van der Waals surface area contributed by atoms with Gasteiger partial charge in [-0.3, -0.25) is 9.80 Å². The molecule has 0 saturated carbocycles. The number of imidazole rings is 1. The summed E-state index contributed by atoms with van der Waals surface area (Å²) in [7, 11) is 0. The largest absolute Gasteiger partial charge is 0.328 e. The molecule has 3 aliphatic rings. The number of nitrogens with two attached hydrogens (primary N) is 1. The Morgan fingerprint density at radius 1 is 0.943 bits per heavy atom. The van der Waals surface area contributed by atoms with Gasteiger partial charge < -0.3 is 10.3 Å². The molecule has 5 nitrogen and oxygen atoms in total. The molecule has 5 heteroatoms. The fourth-order valence-corrected chi connectivity index (χ4v) is 7.01. The van der Waals surface area contributed by atoms with Crippen LogP contribution in [0.15, 0.2) is 60.7 Å². The highest BCUT2D eigenvalue weighted by Gasteiger charge is 2.42. The smallest absolute Gasteiger partial charge is 0.106 e. The Bertz CT molecular complexity index is 1110. The van der Waals surface area contributed by atoms with Gasteiger partial charge in [-0.05, 0) is 50.2 Å². The summed E-state index contributed by atoms with van der Waals surface area (Å²) in [4.78, 5) is 10.4. The Hall–Kier alpha value is -2.47. The number of aryl methyl sites for hydroxylation is 1. The second kappa shape index (κ2) is 9.88. The van der Waals surface area contributed by atoms with E-state index in [9.17, 15) is 0 Å². The van der Waals surface area contributed by atoms with E-state index in [0.29, 0.717) is 18.1 Å². The summed E-state index contributed by atoms with van der Waals surface area (Å²) in [6.07, 6.45) is 7.27. The SMILES string of the molecule is Cc1nc2c(n1[C@H]1C[C@H]3CC[C@@H](C1)N3CC[C@H](N)c1ccccc1)CN(Cc1ccccc1)CC2. The first-order chi connectivity index (χ1) is 17.2. The zero-order valence-electron chi connectivity index (χ0n) is 21.0. The predicted molar refractivity (Wildman–Crippen MR) is 141 cm³/mol. The Kier molecular flexibility index (Phi) is 6.48. The van der Waals surface area contributed by atoms with Gasteiger partial charge in [-0.15, -0.1) is 0 Å². The molecule has 0 unspecified atom stereocenters. The number of hydrogen-bond donors (Lipinski definition) is 1. The van der Waals surface area contributed by atoms with E-state index in [2.05, 4.69) is 82.0 Å². The molecule has 6 rings (SSSR count). The van der Waals surface area contributed by atoms with Gasteiger partial charge in [0.2, 0.25) is 0 Å². The molecule has 4 atom stereocenters. The van der Waals surface area contributed by atoms with Gasteiger partial charge in [0.05, 0.1) is 11.4 Å². The monoisotopic (exact) mass is 469 g/mol. The van der Waals surface area contributed by atoms with E-state index in [0.717, 1.165) is 39.0 Å². The third-order valence-electron chi connectivity index (χ3n) is 8.71. The van der Waals surface area contributed by atoms with Crippen molar-refractivity contribution in [1.82, 2.24) is 19.4 Å². The van der Waals surface area contributed by atoms with Crippen molar-refractivity contribution in [3.05, 3.63) is 89.0 Å². The third kappa shape index (κ3) is 4.69. The van der Waals surface area contributed by atoms with Crippen molar-refractivity contribution in [1.29, 1.82) is 0 Å². The molecule has 2 saturated heterocycles. The Morgan fingerprint density at radius 2 is 1.63 bits per heavy atom. The molecular weight excluding hydrogens is 430 g/mol. The average Bonchev–Trinajstić information content (AvgIpc) is 3.33. The van der Waals surface area contributed by atoms with E-state index in [1.165, 1.54) is 54.0 Å². The molecule has 35 heavy (non-hydrogen) atoms. The number of benzene rings is 2. The molecule has 3 aromatic rings. The fraction of sp³-hybridized carbons (Fsp3) is 0.500. The molecule has 0 spiro atoms. The van der Waals surface area contributed by atoms with E-state index in [1.54, 1.807) is 0 Å². The molecule has 2 bridgehead atoms. The third-order valence-corrected chi connectivity index (χ3v) is 8.71. The minimum absolute atomic E-state index is 0.131. The van der Waals surface area contributed by atoms with Crippen molar-refractivity contribution in [2.75, 3.05) is 13.1 Å². The molecule has 4 heterocycles. The van der Waals surface area contributed by atoms with Crippen LogP contribution in [0.25, 0.3) is 0 Å². The van der Waals surface area contributed by atoms with Crippen LogP contribution in [-0.2, 0) is 19.5 Å². The van der Waals surface area contributed by atoms with E-state index < -0.39 is 0 Å². The summed E-state index contributed by atoms with van der Waals surface area (Å²) in [6, 6.07) is 23.6. The quantitative estimate of drug-likeness (QED) is 0.529. The lowest BCUT2D eigenvalue weighted by Crippen LogP contribution is -2.45. The van der Waals surface area contributed by atoms with E-state index in [1.807, 2.05) is 0 Å². The molecule has 3 aliphatic heterocycles. The summed E-state index contributed by atoms with van der Waals surface area (Å²) in [5, 5.41) is 0. The number of rotatable bonds is 7. The molecule has 0 amide bonds. The van der Waals surface area contributed by atoms with Gasteiger partial charge in [0.15, 0.2) is 0 Å². The van der Waals surface area contributed by atoms with Crippen molar-refractivity contribution in [3.63, 3.8) is 0 Å². The maximum atomic E-state index is 6.55. The summed E-state index contributed by atoms with van der Waals surface area (Å²) in [6.45, 7) is 6.49. The van der Waals surface area contributed by atoms with Gasteiger partial charge in [0.25, 0.3) is 0 Å². The summed E-state index contributed by atoms with van der Waals surface area (Å²) in [5.74, 6) is 1.22. The zero-order valence-corrected chi connectivity index (χ0v) is 21.0. The maximum Gasteiger partial charge on any atom is 0.106 e. The lowest BCUT2D eigenvalue weighted by atomic mass is 9.95. The van der Waals surface area contributed by atoms with Crippen LogP contribution in [0, 0.1) is 6.92 Å². The van der Waals surface area contributed by atoms with Crippen molar-refractivity contribution in [2.45, 2.75) is 82.7 Å². The number of nitrogens with zero attached hydrogens (tertiary/aromatic N) is 4. The maximum absolute atomic E-state index is 6.55. The molecule has 0 aliphatic carbocycles. The van der Waals surface area contributed by atoms with Gasteiger partial charge >= 0.3 is 0 Å². The number of hydrogen-bond acceptors (Lipinski definition) is 4. The Labute approximate surface area is 210 Å². The van der Waals surface area contributed by atoms with Gasteiger partial charge in [-0.2, -0.15) is 0 Å². The van der Waals surface area contributed by atoms with Crippen molar-refractivity contribution < 1.29 is 0 Å². The number of piperidine rings is 1. The molecule has 184 valence electrons.